The first kappa shape index (κ1) is 11.0. The minimum atomic E-state index is -1.12. The Hall–Kier alpha value is -2.04. The number of hydrogen-bond donors (Lipinski definition) is 2. The number of aliphatic carboxylic acids is 1. The summed E-state index contributed by atoms with van der Waals surface area (Å²) in [4.78, 5) is 21.8. The number of aromatic hydroxyl groups is 1. The van der Waals surface area contributed by atoms with Crippen LogP contribution < -0.4 is 0 Å². The normalized spacial score (nSPS) is 9.67. The number of methoxy groups -OCH3 is 1. The number of carboxylic acids is 1. The lowest BCUT2D eigenvalue weighted by Crippen LogP contribution is -2.09. The fourth-order valence-electron chi connectivity index (χ4n) is 1.21. The highest BCUT2D eigenvalue weighted by molar-refractivity contribution is 5.93. The summed E-state index contributed by atoms with van der Waals surface area (Å²) in [6.45, 7) is 0. The Labute approximate surface area is 85.9 Å². The molecular formula is C10H10O5. The van der Waals surface area contributed by atoms with Gasteiger partial charge < -0.3 is 14.9 Å². The van der Waals surface area contributed by atoms with Gasteiger partial charge in [0.15, 0.2) is 0 Å². The van der Waals surface area contributed by atoms with Gasteiger partial charge in [-0.1, -0.05) is 6.07 Å². The van der Waals surface area contributed by atoms with Crippen molar-refractivity contribution in [3.63, 3.8) is 0 Å². The van der Waals surface area contributed by atoms with Crippen LogP contribution in [0.1, 0.15) is 15.9 Å². The molecule has 80 valence electrons. The maximum absolute atomic E-state index is 11.2. The minimum Gasteiger partial charge on any atom is -0.508 e. The van der Waals surface area contributed by atoms with Gasteiger partial charge in [-0.15, -0.1) is 0 Å². The standard InChI is InChI=1S/C10H10O5/c1-15-10(14)6-3-2-4-8(11)7(6)5-9(12)13/h2-4,11H,5H2,1H3,(H,12,13). The molecule has 0 fully saturated rings. The summed E-state index contributed by atoms with van der Waals surface area (Å²) < 4.78 is 4.47. The summed E-state index contributed by atoms with van der Waals surface area (Å²) in [7, 11) is 1.19. The van der Waals surface area contributed by atoms with Crippen molar-refractivity contribution in [2.45, 2.75) is 6.42 Å². The van der Waals surface area contributed by atoms with Crippen molar-refractivity contribution in [2.75, 3.05) is 7.11 Å². The van der Waals surface area contributed by atoms with Gasteiger partial charge in [-0.3, -0.25) is 4.79 Å². The zero-order chi connectivity index (χ0) is 11.4. The number of benzene rings is 1. The molecule has 0 atom stereocenters. The van der Waals surface area contributed by atoms with Crippen LogP contribution in [0.4, 0.5) is 0 Å². The summed E-state index contributed by atoms with van der Waals surface area (Å²) in [6, 6.07) is 4.18. The Kier molecular flexibility index (Phi) is 3.28. The lowest BCUT2D eigenvalue weighted by atomic mass is 10.0. The van der Waals surface area contributed by atoms with E-state index in [2.05, 4.69) is 4.74 Å². The molecule has 15 heavy (non-hydrogen) atoms. The molecule has 0 aliphatic carbocycles. The summed E-state index contributed by atoms with van der Waals surface area (Å²) in [6.07, 6.45) is -0.420. The second-order valence-corrected chi connectivity index (χ2v) is 2.87. The topological polar surface area (TPSA) is 83.8 Å². The van der Waals surface area contributed by atoms with E-state index in [0.717, 1.165) is 0 Å². The third kappa shape index (κ3) is 2.46. The SMILES string of the molecule is COC(=O)c1cccc(O)c1CC(=O)O. The minimum absolute atomic E-state index is 0.0665. The van der Waals surface area contributed by atoms with Crippen molar-refractivity contribution in [3.8, 4) is 5.75 Å². The van der Waals surface area contributed by atoms with Crippen molar-refractivity contribution in [1.29, 1.82) is 0 Å². The molecule has 0 aromatic heterocycles. The first-order valence-electron chi connectivity index (χ1n) is 4.17. The van der Waals surface area contributed by atoms with Crippen LogP contribution in [0.25, 0.3) is 0 Å². The van der Waals surface area contributed by atoms with E-state index in [4.69, 9.17) is 5.11 Å². The molecule has 5 nitrogen and oxygen atoms in total. The van der Waals surface area contributed by atoms with Crippen molar-refractivity contribution < 1.29 is 24.5 Å². The lowest BCUT2D eigenvalue weighted by Gasteiger charge is -2.07. The second kappa shape index (κ2) is 4.45. The Morgan fingerprint density at radius 1 is 1.40 bits per heavy atom. The highest BCUT2D eigenvalue weighted by atomic mass is 16.5. The molecule has 0 unspecified atom stereocenters. The molecule has 0 heterocycles. The molecule has 1 aromatic carbocycles. The molecule has 0 bridgehead atoms. The smallest absolute Gasteiger partial charge is 0.338 e. The summed E-state index contributed by atoms with van der Waals surface area (Å²) in [5, 5.41) is 18.0. The largest absolute Gasteiger partial charge is 0.508 e. The van der Waals surface area contributed by atoms with Gasteiger partial charge >= 0.3 is 11.9 Å². The average molecular weight is 210 g/mol. The fourth-order valence-corrected chi connectivity index (χ4v) is 1.21. The van der Waals surface area contributed by atoms with Gasteiger partial charge in [-0.25, -0.2) is 4.79 Å². The number of hydrogen-bond acceptors (Lipinski definition) is 4. The van der Waals surface area contributed by atoms with Gasteiger partial charge in [0.05, 0.1) is 19.1 Å². The number of carbonyl (C=O) groups excluding carboxylic acids is 1. The van der Waals surface area contributed by atoms with Gasteiger partial charge in [-0.2, -0.15) is 0 Å². The molecule has 1 rings (SSSR count). The zero-order valence-corrected chi connectivity index (χ0v) is 8.06. The van der Waals surface area contributed by atoms with E-state index in [1.165, 1.54) is 25.3 Å². The molecule has 1 aromatic rings. The van der Waals surface area contributed by atoms with Gasteiger partial charge in [0.2, 0.25) is 0 Å². The molecule has 2 N–H and O–H groups in total. The zero-order valence-electron chi connectivity index (χ0n) is 8.06. The maximum Gasteiger partial charge on any atom is 0.338 e. The molecule has 0 spiro atoms. The van der Waals surface area contributed by atoms with Crippen LogP contribution in [-0.4, -0.2) is 29.3 Å². The lowest BCUT2D eigenvalue weighted by molar-refractivity contribution is -0.136. The molecule has 0 aliphatic rings. The van der Waals surface area contributed by atoms with Crippen LogP contribution in [0.5, 0.6) is 5.75 Å². The third-order valence-electron chi connectivity index (χ3n) is 1.88. The van der Waals surface area contributed by atoms with Crippen molar-refractivity contribution >= 4 is 11.9 Å². The Bertz CT molecular complexity index is 397. The number of esters is 1. The number of phenolic OH excluding ortho intramolecular Hbond substituents is 1. The van der Waals surface area contributed by atoms with Crippen LogP contribution >= 0.6 is 0 Å². The van der Waals surface area contributed by atoms with Gasteiger partial charge in [-0.05, 0) is 12.1 Å². The van der Waals surface area contributed by atoms with Crippen LogP contribution in [0.3, 0.4) is 0 Å². The molecule has 0 saturated heterocycles. The van der Waals surface area contributed by atoms with E-state index in [9.17, 15) is 14.7 Å². The van der Waals surface area contributed by atoms with Crippen molar-refractivity contribution in [2.24, 2.45) is 0 Å². The fraction of sp³-hybridized carbons (Fsp3) is 0.200. The summed E-state index contributed by atoms with van der Waals surface area (Å²) in [5.74, 6) is -2.01. The molecular weight excluding hydrogens is 200 g/mol. The second-order valence-electron chi connectivity index (χ2n) is 2.87. The van der Waals surface area contributed by atoms with Crippen molar-refractivity contribution in [3.05, 3.63) is 29.3 Å². The molecule has 5 heteroatoms. The Balaban J connectivity index is 3.19. The van der Waals surface area contributed by atoms with Gasteiger partial charge in [0, 0.05) is 5.56 Å². The number of phenols is 1. The summed E-state index contributed by atoms with van der Waals surface area (Å²) in [5.41, 5.74) is 0.136. The Morgan fingerprint density at radius 3 is 2.60 bits per heavy atom. The summed E-state index contributed by atoms with van der Waals surface area (Å²) >= 11 is 0. The van der Waals surface area contributed by atoms with E-state index >= 15 is 0 Å². The van der Waals surface area contributed by atoms with E-state index < -0.39 is 18.4 Å². The van der Waals surface area contributed by atoms with Gasteiger partial charge in [0.25, 0.3) is 0 Å². The van der Waals surface area contributed by atoms with Crippen molar-refractivity contribution in [1.82, 2.24) is 0 Å². The van der Waals surface area contributed by atoms with E-state index in [1.54, 1.807) is 0 Å². The van der Waals surface area contributed by atoms with Gasteiger partial charge in [0.1, 0.15) is 5.75 Å². The number of carboxylic acid groups (broad SMARTS) is 1. The monoisotopic (exact) mass is 210 g/mol. The van der Waals surface area contributed by atoms with Crippen LogP contribution in [0, 0.1) is 0 Å². The highest BCUT2D eigenvalue weighted by Crippen LogP contribution is 2.22. The first-order valence-corrected chi connectivity index (χ1v) is 4.17. The molecule has 0 aliphatic heterocycles. The third-order valence-corrected chi connectivity index (χ3v) is 1.88. The predicted octanol–water partition coefficient (Wildman–Crippen LogP) is 0.806. The predicted molar refractivity (Wildman–Crippen MR) is 50.8 cm³/mol. The first-order chi connectivity index (χ1) is 7.06. The van der Waals surface area contributed by atoms with Crippen LogP contribution in [0.2, 0.25) is 0 Å². The average Bonchev–Trinajstić information content (AvgIpc) is 2.19. The quantitative estimate of drug-likeness (QED) is 0.721. The van der Waals surface area contributed by atoms with Crippen LogP contribution in [0.15, 0.2) is 18.2 Å². The van der Waals surface area contributed by atoms with Crippen LogP contribution in [-0.2, 0) is 16.0 Å². The number of ether oxygens (including phenoxy) is 1. The van der Waals surface area contributed by atoms with E-state index in [0.29, 0.717) is 0 Å². The highest BCUT2D eigenvalue weighted by Gasteiger charge is 2.17. The van der Waals surface area contributed by atoms with E-state index in [-0.39, 0.29) is 16.9 Å². The Morgan fingerprint density at radius 2 is 2.07 bits per heavy atom. The van der Waals surface area contributed by atoms with E-state index in [1.807, 2.05) is 0 Å². The molecule has 0 radical (unpaired) electrons. The molecule has 0 saturated carbocycles. The number of carbonyl (C=O) groups is 2. The molecule has 0 amide bonds. The maximum atomic E-state index is 11.2. The number of rotatable bonds is 3.